The van der Waals surface area contributed by atoms with E-state index in [-0.39, 0.29) is 23.0 Å². The zero-order valence-electron chi connectivity index (χ0n) is 30.8. The minimum Gasteiger partial charge on any atom is -0.508 e. The van der Waals surface area contributed by atoms with E-state index in [0.717, 1.165) is 61.2 Å². The van der Waals surface area contributed by atoms with Crippen LogP contribution in [0, 0.1) is 27.7 Å². The minimum atomic E-state index is -0.512. The molecular formula is C47H48O4. The standard InChI is InChI=1S/C47H48O4/c1-28-22-35(18-20-41(28)48)46(5,6)37-24-30(3)44(50)39(26-37)43(34-16-14-33(15-17-34)32-12-10-9-11-13-32)40-27-38(25-31(4)45(40)51)47(7,8)36-19-21-42(49)29(2)23-36/h9-27,43,48-51H,1-8H3. The SMILES string of the molecule is Cc1cc(C(C)(C)c2cc(C)c(O)c(C(c3ccc(-c4ccccc4)cc3)c3cc(C(C)(C)c4ccc(O)c(C)c4)cc(C)c3O)c2)ccc1O. The van der Waals surface area contributed by atoms with Crippen molar-refractivity contribution >= 4 is 0 Å². The van der Waals surface area contributed by atoms with Crippen molar-refractivity contribution in [1.82, 2.24) is 0 Å². The van der Waals surface area contributed by atoms with Crippen LogP contribution in [0.4, 0.5) is 0 Å². The van der Waals surface area contributed by atoms with Gasteiger partial charge in [-0.25, -0.2) is 0 Å². The number of benzene rings is 6. The highest BCUT2D eigenvalue weighted by Gasteiger charge is 2.32. The van der Waals surface area contributed by atoms with E-state index in [1.165, 1.54) is 0 Å². The first-order valence-corrected chi connectivity index (χ1v) is 17.5. The molecule has 0 aromatic heterocycles. The van der Waals surface area contributed by atoms with Crippen LogP contribution in [-0.4, -0.2) is 20.4 Å². The summed E-state index contributed by atoms with van der Waals surface area (Å²) in [5.74, 6) is 0.371. The molecule has 0 saturated heterocycles. The van der Waals surface area contributed by atoms with Crippen molar-refractivity contribution in [3.8, 4) is 34.1 Å². The molecule has 0 bridgehead atoms. The van der Waals surface area contributed by atoms with Gasteiger partial charge in [-0.2, -0.15) is 0 Å². The Morgan fingerprint density at radius 1 is 0.412 bits per heavy atom. The third kappa shape index (κ3) is 6.59. The molecule has 0 atom stereocenters. The summed E-state index contributed by atoms with van der Waals surface area (Å²) in [4.78, 5) is 0. The smallest absolute Gasteiger partial charge is 0.122 e. The summed E-state index contributed by atoms with van der Waals surface area (Å²) in [5.41, 5.74) is 10.8. The van der Waals surface area contributed by atoms with E-state index >= 15 is 0 Å². The van der Waals surface area contributed by atoms with E-state index < -0.39 is 16.7 Å². The molecule has 0 amide bonds. The summed E-state index contributed by atoms with van der Waals surface area (Å²) < 4.78 is 0. The Morgan fingerprint density at radius 3 is 1.22 bits per heavy atom. The van der Waals surface area contributed by atoms with E-state index in [0.29, 0.717) is 11.1 Å². The maximum Gasteiger partial charge on any atom is 0.122 e. The van der Waals surface area contributed by atoms with Crippen molar-refractivity contribution in [3.63, 3.8) is 0 Å². The maximum atomic E-state index is 11.9. The summed E-state index contributed by atoms with van der Waals surface area (Å²) in [5, 5.41) is 44.5. The molecule has 51 heavy (non-hydrogen) atoms. The summed E-state index contributed by atoms with van der Waals surface area (Å²) in [6, 6.07) is 38.3. The molecule has 6 aromatic carbocycles. The van der Waals surface area contributed by atoms with Crippen molar-refractivity contribution in [2.45, 2.75) is 72.1 Å². The lowest BCUT2D eigenvalue weighted by Gasteiger charge is -2.31. The Balaban J connectivity index is 1.59. The van der Waals surface area contributed by atoms with Gasteiger partial charge in [0, 0.05) is 27.9 Å². The summed E-state index contributed by atoms with van der Waals surface area (Å²) in [7, 11) is 0. The molecule has 6 aromatic rings. The monoisotopic (exact) mass is 676 g/mol. The zero-order chi connectivity index (χ0) is 36.8. The third-order valence-corrected chi connectivity index (χ3v) is 10.9. The second kappa shape index (κ2) is 13.3. The van der Waals surface area contributed by atoms with Crippen molar-refractivity contribution in [3.05, 3.63) is 176 Å². The molecule has 0 aliphatic carbocycles. The second-order valence-corrected chi connectivity index (χ2v) is 15.1. The van der Waals surface area contributed by atoms with Gasteiger partial charge >= 0.3 is 0 Å². The van der Waals surface area contributed by atoms with Gasteiger partial charge in [0.25, 0.3) is 0 Å². The van der Waals surface area contributed by atoms with Crippen LogP contribution in [0.5, 0.6) is 23.0 Å². The van der Waals surface area contributed by atoms with Gasteiger partial charge in [0.05, 0.1) is 0 Å². The van der Waals surface area contributed by atoms with Gasteiger partial charge in [-0.3, -0.25) is 0 Å². The van der Waals surface area contributed by atoms with E-state index in [9.17, 15) is 20.4 Å². The zero-order valence-corrected chi connectivity index (χ0v) is 30.8. The van der Waals surface area contributed by atoms with Gasteiger partial charge in [-0.05, 0) is 101 Å². The Bertz CT molecular complexity index is 2110. The van der Waals surface area contributed by atoms with Crippen LogP contribution in [0.3, 0.4) is 0 Å². The highest BCUT2D eigenvalue weighted by molar-refractivity contribution is 5.66. The fourth-order valence-corrected chi connectivity index (χ4v) is 7.22. The van der Waals surface area contributed by atoms with Crippen LogP contribution in [0.15, 0.2) is 115 Å². The summed E-state index contributed by atoms with van der Waals surface area (Å²) in [6.07, 6.45) is 0. The molecule has 0 radical (unpaired) electrons. The predicted molar refractivity (Wildman–Crippen MR) is 208 cm³/mol. The van der Waals surface area contributed by atoms with Crippen LogP contribution in [0.25, 0.3) is 11.1 Å². The molecule has 0 aliphatic heterocycles. The second-order valence-electron chi connectivity index (χ2n) is 15.1. The van der Waals surface area contributed by atoms with Crippen LogP contribution in [-0.2, 0) is 10.8 Å². The Labute approximate surface area is 302 Å². The molecular weight excluding hydrogens is 629 g/mol. The van der Waals surface area contributed by atoms with Crippen molar-refractivity contribution in [2.24, 2.45) is 0 Å². The normalized spacial score (nSPS) is 12.0. The maximum absolute atomic E-state index is 11.9. The molecule has 4 N–H and O–H groups in total. The number of phenols is 4. The highest BCUT2D eigenvalue weighted by Crippen LogP contribution is 2.47. The van der Waals surface area contributed by atoms with Gasteiger partial charge < -0.3 is 20.4 Å². The highest BCUT2D eigenvalue weighted by atomic mass is 16.3. The van der Waals surface area contributed by atoms with Crippen LogP contribution < -0.4 is 0 Å². The summed E-state index contributed by atoms with van der Waals surface area (Å²) in [6.45, 7) is 16.3. The van der Waals surface area contributed by atoms with Gasteiger partial charge in [0.1, 0.15) is 23.0 Å². The predicted octanol–water partition coefficient (Wildman–Crippen LogP) is 11.2. The molecule has 0 heterocycles. The van der Waals surface area contributed by atoms with Crippen LogP contribution in [0.1, 0.15) is 94.8 Å². The van der Waals surface area contributed by atoms with E-state index in [1.807, 2.05) is 82.3 Å². The Morgan fingerprint density at radius 2 is 0.804 bits per heavy atom. The van der Waals surface area contributed by atoms with Crippen molar-refractivity contribution < 1.29 is 20.4 Å². The number of hydrogen-bond acceptors (Lipinski definition) is 4. The average Bonchev–Trinajstić information content (AvgIpc) is 3.11. The van der Waals surface area contributed by atoms with E-state index in [4.69, 9.17) is 0 Å². The molecule has 260 valence electrons. The molecule has 4 nitrogen and oxygen atoms in total. The minimum absolute atomic E-state index is 0.185. The fourth-order valence-electron chi connectivity index (χ4n) is 7.22. The van der Waals surface area contributed by atoms with Gasteiger partial charge in [0.15, 0.2) is 0 Å². The molecule has 4 heteroatoms. The molecule has 0 saturated carbocycles. The number of phenolic OH excluding ortho intramolecular Hbond substituents is 4. The first-order valence-electron chi connectivity index (χ1n) is 17.5. The van der Waals surface area contributed by atoms with Crippen molar-refractivity contribution in [1.29, 1.82) is 0 Å². The fraction of sp³-hybridized carbons (Fsp3) is 0.234. The van der Waals surface area contributed by atoms with Crippen LogP contribution in [0.2, 0.25) is 0 Å². The number of aromatic hydroxyl groups is 4. The summed E-state index contributed by atoms with van der Waals surface area (Å²) >= 11 is 0. The topological polar surface area (TPSA) is 80.9 Å². The van der Waals surface area contributed by atoms with Gasteiger partial charge in [0.2, 0.25) is 0 Å². The van der Waals surface area contributed by atoms with Gasteiger partial charge in [-0.1, -0.05) is 131 Å². The Kier molecular flexibility index (Phi) is 9.24. The molecule has 0 aliphatic rings. The number of hydrogen-bond donors (Lipinski definition) is 4. The van der Waals surface area contributed by atoms with Gasteiger partial charge in [-0.15, -0.1) is 0 Å². The first kappa shape index (κ1) is 35.3. The average molecular weight is 677 g/mol. The quantitative estimate of drug-likeness (QED) is 0.121. The Hall–Kier alpha value is -5.48. The number of rotatable bonds is 8. The molecule has 0 fully saturated rings. The van der Waals surface area contributed by atoms with E-state index in [1.54, 1.807) is 12.1 Å². The number of aryl methyl sites for hydroxylation is 4. The van der Waals surface area contributed by atoms with Crippen molar-refractivity contribution in [2.75, 3.05) is 0 Å². The third-order valence-electron chi connectivity index (χ3n) is 10.9. The molecule has 6 rings (SSSR count). The molecule has 0 spiro atoms. The lowest BCUT2D eigenvalue weighted by atomic mass is 9.72. The van der Waals surface area contributed by atoms with E-state index in [2.05, 4.69) is 76.2 Å². The lowest BCUT2D eigenvalue weighted by molar-refractivity contribution is 0.453. The molecule has 0 unspecified atom stereocenters. The largest absolute Gasteiger partial charge is 0.508 e. The first-order chi connectivity index (χ1) is 24.1. The lowest BCUT2D eigenvalue weighted by Crippen LogP contribution is -2.21. The van der Waals surface area contributed by atoms with Crippen LogP contribution >= 0.6 is 0 Å².